The maximum absolute atomic E-state index is 5.16. The number of fused-ring (bicyclic) bond motifs is 5. The van der Waals surface area contributed by atoms with E-state index in [1.54, 1.807) is 4.80 Å². The molecule has 0 unspecified atom stereocenters. The van der Waals surface area contributed by atoms with Gasteiger partial charge >= 0.3 is 0 Å². The third-order valence-corrected chi connectivity index (χ3v) is 12.1. The molecule has 0 saturated carbocycles. The highest BCUT2D eigenvalue weighted by atomic mass is 15.5. The maximum Gasteiger partial charge on any atom is 0.121 e. The van der Waals surface area contributed by atoms with Crippen molar-refractivity contribution in [2.45, 2.75) is 0 Å². The molecule has 61 heavy (non-hydrogen) atoms. The highest BCUT2D eigenvalue weighted by molar-refractivity contribution is 6.03. The summed E-state index contributed by atoms with van der Waals surface area (Å²) in [5.74, 6) is 0. The van der Waals surface area contributed by atoms with E-state index in [1.165, 1.54) is 65.3 Å². The van der Waals surface area contributed by atoms with Gasteiger partial charge in [0.25, 0.3) is 0 Å². The quantitative estimate of drug-likeness (QED) is 0.169. The van der Waals surface area contributed by atoms with Gasteiger partial charge in [-0.05, 0) is 154 Å². The van der Waals surface area contributed by atoms with E-state index in [2.05, 4.69) is 199 Å². The van der Waals surface area contributed by atoms with E-state index in [0.29, 0.717) is 0 Å². The largest absolute Gasteiger partial charge is 0.265 e. The van der Waals surface area contributed by atoms with Crippen LogP contribution in [0.3, 0.4) is 0 Å². The van der Waals surface area contributed by atoms with Crippen molar-refractivity contribution in [1.29, 1.82) is 0 Å². The lowest BCUT2D eigenvalue weighted by Crippen LogP contribution is -1.98. The van der Waals surface area contributed by atoms with Crippen LogP contribution in [0.2, 0.25) is 0 Å². The van der Waals surface area contributed by atoms with Gasteiger partial charge in [-0.2, -0.15) is 4.80 Å². The van der Waals surface area contributed by atoms with Crippen LogP contribution in [0.15, 0.2) is 219 Å². The molecule has 0 radical (unpaired) electrons. The molecule has 0 spiro atoms. The Morgan fingerprint density at radius 3 is 1.36 bits per heavy atom. The Labute approximate surface area is 352 Å². The molecule has 0 amide bonds. The van der Waals surface area contributed by atoms with Gasteiger partial charge in [0.1, 0.15) is 11.0 Å². The molecule has 0 aliphatic rings. The summed E-state index contributed by atoms with van der Waals surface area (Å²) in [6.07, 6.45) is 3.64. The average molecular weight is 777 g/mol. The zero-order valence-electron chi connectivity index (χ0n) is 33.1. The third-order valence-electron chi connectivity index (χ3n) is 12.1. The highest BCUT2D eigenvalue weighted by Gasteiger charge is 2.16. The summed E-state index contributed by atoms with van der Waals surface area (Å²) >= 11 is 0. The molecule has 4 heteroatoms. The number of benzene rings is 10. The summed E-state index contributed by atoms with van der Waals surface area (Å²) in [6, 6.07) is 74.3. The van der Waals surface area contributed by atoms with Crippen molar-refractivity contribution in [3.63, 3.8) is 0 Å². The number of aromatic nitrogens is 4. The van der Waals surface area contributed by atoms with Gasteiger partial charge in [-0.3, -0.25) is 4.98 Å². The highest BCUT2D eigenvalue weighted by Crippen LogP contribution is 2.38. The van der Waals surface area contributed by atoms with E-state index in [0.717, 1.165) is 50.1 Å². The molecule has 0 atom stereocenters. The van der Waals surface area contributed by atoms with Gasteiger partial charge < -0.3 is 0 Å². The van der Waals surface area contributed by atoms with Crippen LogP contribution in [0.1, 0.15) is 0 Å². The van der Waals surface area contributed by atoms with Gasteiger partial charge in [0.15, 0.2) is 0 Å². The monoisotopic (exact) mass is 776 g/mol. The van der Waals surface area contributed by atoms with Crippen molar-refractivity contribution in [2.75, 3.05) is 0 Å². The van der Waals surface area contributed by atoms with Crippen LogP contribution < -0.4 is 0 Å². The SMILES string of the molecule is c1ccc2c(-c3ccc4cc(-c5cc(-c6ccc7cc(-c8cccc9ccccc89)ccc7c6)c6nn(-c7ccc(-c8ccncc8)cc7)nc6c5)ccc4c3)cccc2c1. The van der Waals surface area contributed by atoms with Crippen LogP contribution in [-0.2, 0) is 0 Å². The van der Waals surface area contributed by atoms with Crippen LogP contribution in [0.4, 0.5) is 0 Å². The predicted molar refractivity (Wildman–Crippen MR) is 254 cm³/mol. The number of pyridine rings is 1. The minimum Gasteiger partial charge on any atom is -0.265 e. The van der Waals surface area contributed by atoms with Crippen LogP contribution in [0, 0.1) is 0 Å². The summed E-state index contributed by atoms with van der Waals surface area (Å²) < 4.78 is 0. The van der Waals surface area contributed by atoms with Crippen molar-refractivity contribution in [3.8, 4) is 61.3 Å². The second-order valence-corrected chi connectivity index (χ2v) is 15.8. The Kier molecular flexibility index (Phi) is 8.13. The molecule has 2 aromatic heterocycles. The van der Waals surface area contributed by atoms with Crippen LogP contribution in [0.5, 0.6) is 0 Å². The van der Waals surface area contributed by atoms with Gasteiger partial charge in [-0.15, -0.1) is 10.2 Å². The zero-order chi connectivity index (χ0) is 40.3. The van der Waals surface area contributed by atoms with Gasteiger partial charge in [0.05, 0.1) is 5.69 Å². The first-order chi connectivity index (χ1) is 30.2. The molecule has 0 saturated heterocycles. The molecule has 0 aliphatic carbocycles. The first kappa shape index (κ1) is 34.8. The van der Waals surface area contributed by atoms with Crippen molar-refractivity contribution >= 4 is 54.1 Å². The molecule has 0 aliphatic heterocycles. The topological polar surface area (TPSA) is 43.6 Å². The molecule has 0 bridgehead atoms. The molecular formula is C57H36N4. The number of hydrogen-bond acceptors (Lipinski definition) is 3. The van der Waals surface area contributed by atoms with E-state index < -0.39 is 0 Å². The molecule has 0 N–H and O–H groups in total. The van der Waals surface area contributed by atoms with Crippen molar-refractivity contribution in [2.24, 2.45) is 0 Å². The second-order valence-electron chi connectivity index (χ2n) is 15.8. The Bertz CT molecular complexity index is 3630. The summed E-state index contributed by atoms with van der Waals surface area (Å²) in [5, 5.41) is 20.1. The molecule has 12 rings (SSSR count). The number of hydrogen-bond donors (Lipinski definition) is 0. The summed E-state index contributed by atoms with van der Waals surface area (Å²) in [6.45, 7) is 0. The van der Waals surface area contributed by atoms with Crippen molar-refractivity contribution < 1.29 is 0 Å². The first-order valence-corrected chi connectivity index (χ1v) is 20.7. The number of nitrogens with zero attached hydrogens (tertiary/aromatic N) is 4. The fourth-order valence-corrected chi connectivity index (χ4v) is 8.98. The Balaban J connectivity index is 0.968. The van der Waals surface area contributed by atoms with Gasteiger partial charge in [-0.25, -0.2) is 0 Å². The zero-order valence-corrected chi connectivity index (χ0v) is 33.1. The predicted octanol–water partition coefficient (Wildman–Crippen LogP) is 14.8. The summed E-state index contributed by atoms with van der Waals surface area (Å²) in [4.78, 5) is 5.94. The van der Waals surface area contributed by atoms with Gasteiger partial charge in [0.2, 0.25) is 0 Å². The van der Waals surface area contributed by atoms with Crippen LogP contribution in [-0.4, -0.2) is 20.0 Å². The fourth-order valence-electron chi connectivity index (χ4n) is 8.98. The molecule has 284 valence electrons. The van der Waals surface area contributed by atoms with E-state index >= 15 is 0 Å². The van der Waals surface area contributed by atoms with E-state index in [4.69, 9.17) is 10.2 Å². The molecule has 10 aromatic carbocycles. The minimum atomic E-state index is 0.837. The van der Waals surface area contributed by atoms with Gasteiger partial charge in [0, 0.05) is 18.0 Å². The fraction of sp³-hybridized carbons (Fsp3) is 0. The van der Waals surface area contributed by atoms with Crippen LogP contribution in [0.25, 0.3) is 115 Å². The molecule has 0 fully saturated rings. The standard InChI is InChI=1S/C57H36N4/c1-3-11-51-39(7-1)9-5-13-53(51)46-20-17-41-31-45(16-15-42(41)32-46)49-35-55(57-56(36-49)59-61(60-57)50-25-23-37(24-26-50)38-27-29-58-30-28-38)48-22-19-43-33-47(21-18-44(43)34-48)54-14-6-10-40-8-2-4-12-52(40)54/h1-36H. The molecule has 4 nitrogen and oxygen atoms in total. The van der Waals surface area contributed by atoms with Gasteiger partial charge in [-0.1, -0.05) is 146 Å². The minimum absolute atomic E-state index is 0.837. The molecular weight excluding hydrogens is 741 g/mol. The maximum atomic E-state index is 5.16. The molecule has 12 aromatic rings. The smallest absolute Gasteiger partial charge is 0.121 e. The lowest BCUT2D eigenvalue weighted by atomic mass is 9.92. The normalized spacial score (nSPS) is 11.6. The first-order valence-electron chi connectivity index (χ1n) is 20.7. The van der Waals surface area contributed by atoms with E-state index in [1.807, 2.05) is 24.5 Å². The lowest BCUT2D eigenvalue weighted by Gasteiger charge is -2.12. The summed E-state index contributed by atoms with van der Waals surface area (Å²) in [5.41, 5.74) is 14.1. The van der Waals surface area contributed by atoms with E-state index in [9.17, 15) is 0 Å². The third kappa shape index (κ3) is 6.21. The number of rotatable bonds is 6. The second kappa shape index (κ2) is 14.3. The van der Waals surface area contributed by atoms with Crippen LogP contribution >= 0.6 is 0 Å². The van der Waals surface area contributed by atoms with Crippen molar-refractivity contribution in [3.05, 3.63) is 219 Å². The Hall–Kier alpha value is -8.21. The Morgan fingerprint density at radius 1 is 0.295 bits per heavy atom. The summed E-state index contributed by atoms with van der Waals surface area (Å²) in [7, 11) is 0. The van der Waals surface area contributed by atoms with Crippen molar-refractivity contribution in [1.82, 2.24) is 20.0 Å². The molecule has 2 heterocycles. The van der Waals surface area contributed by atoms with E-state index in [-0.39, 0.29) is 0 Å². The lowest BCUT2D eigenvalue weighted by molar-refractivity contribution is 0.766. The Morgan fingerprint density at radius 2 is 0.770 bits per heavy atom. The average Bonchev–Trinajstić information content (AvgIpc) is 3.78.